The van der Waals surface area contributed by atoms with Crippen LogP contribution in [0.2, 0.25) is 0 Å². The smallest absolute Gasteiger partial charge is 0.184 e. The first-order valence-electron chi connectivity index (χ1n) is 6.49. The second kappa shape index (κ2) is 3.84. The highest BCUT2D eigenvalue weighted by Gasteiger charge is 2.41. The quantitative estimate of drug-likeness (QED) is 0.761. The van der Waals surface area contributed by atoms with Crippen molar-refractivity contribution in [2.75, 3.05) is 23.3 Å². The molecule has 4 heteroatoms. The molecule has 0 aromatic heterocycles. The Labute approximate surface area is 106 Å². The molecule has 0 saturated carbocycles. The maximum atomic E-state index is 14.0. The van der Waals surface area contributed by atoms with E-state index in [0.29, 0.717) is 11.4 Å². The summed E-state index contributed by atoms with van der Waals surface area (Å²) in [6.45, 7) is 6.01. The van der Waals surface area contributed by atoms with Gasteiger partial charge in [-0.15, -0.1) is 0 Å². The van der Waals surface area contributed by atoms with E-state index in [1.54, 1.807) is 6.07 Å². The van der Waals surface area contributed by atoms with Gasteiger partial charge in [0, 0.05) is 13.1 Å². The lowest BCUT2D eigenvalue weighted by molar-refractivity contribution is 0.215. The van der Waals surface area contributed by atoms with Gasteiger partial charge in [-0.25, -0.2) is 8.78 Å². The highest BCUT2D eigenvalue weighted by molar-refractivity contribution is 5.74. The number of hydrogen-bond donors (Lipinski definition) is 1. The van der Waals surface area contributed by atoms with Crippen LogP contribution in [-0.2, 0) is 0 Å². The molecule has 2 nitrogen and oxygen atoms in total. The molecule has 98 valence electrons. The molecule has 2 heterocycles. The zero-order valence-corrected chi connectivity index (χ0v) is 10.8. The van der Waals surface area contributed by atoms with Gasteiger partial charge in [-0.2, -0.15) is 0 Å². The van der Waals surface area contributed by atoms with Crippen molar-refractivity contribution in [1.82, 2.24) is 0 Å². The third-order valence-electron chi connectivity index (χ3n) is 4.34. The van der Waals surface area contributed by atoms with Crippen molar-refractivity contribution >= 4 is 11.4 Å². The van der Waals surface area contributed by atoms with Gasteiger partial charge in [-0.05, 0) is 30.4 Å². The lowest BCUT2D eigenvalue weighted by Crippen LogP contribution is -2.56. The minimum absolute atomic E-state index is 0.127. The third-order valence-corrected chi connectivity index (χ3v) is 4.34. The lowest BCUT2D eigenvalue weighted by atomic mass is 9.75. The molecule has 18 heavy (non-hydrogen) atoms. The van der Waals surface area contributed by atoms with Crippen LogP contribution in [0.15, 0.2) is 12.1 Å². The average molecular weight is 252 g/mol. The SMILES string of the molecule is CC1(C)CCCN2c3c(ccc(F)c3F)NCC21. The zero-order chi connectivity index (χ0) is 12.9. The van der Waals surface area contributed by atoms with Crippen LogP contribution in [0.3, 0.4) is 0 Å². The average Bonchev–Trinajstić information content (AvgIpc) is 2.33. The molecule has 0 bridgehead atoms. The zero-order valence-electron chi connectivity index (χ0n) is 10.8. The predicted octanol–water partition coefficient (Wildman–Crippen LogP) is 3.39. The van der Waals surface area contributed by atoms with Gasteiger partial charge in [0.25, 0.3) is 0 Å². The first kappa shape index (κ1) is 11.8. The number of hydrogen-bond acceptors (Lipinski definition) is 2. The number of piperidine rings is 1. The summed E-state index contributed by atoms with van der Waals surface area (Å²) in [5, 5.41) is 3.24. The minimum Gasteiger partial charge on any atom is -0.381 e. The van der Waals surface area contributed by atoms with Crippen molar-refractivity contribution in [2.24, 2.45) is 5.41 Å². The van der Waals surface area contributed by atoms with Gasteiger partial charge < -0.3 is 10.2 Å². The molecule has 1 saturated heterocycles. The van der Waals surface area contributed by atoms with Gasteiger partial charge in [0.05, 0.1) is 17.4 Å². The number of fused-ring (bicyclic) bond motifs is 3. The van der Waals surface area contributed by atoms with Crippen LogP contribution in [-0.4, -0.2) is 19.1 Å². The molecule has 2 aliphatic rings. The minimum atomic E-state index is -0.764. The summed E-state index contributed by atoms with van der Waals surface area (Å²) in [6.07, 6.45) is 2.15. The second-order valence-electron chi connectivity index (χ2n) is 5.94. The van der Waals surface area contributed by atoms with Crippen molar-refractivity contribution in [3.8, 4) is 0 Å². The summed E-state index contributed by atoms with van der Waals surface area (Å²) in [5.74, 6) is -1.48. The highest BCUT2D eigenvalue weighted by atomic mass is 19.2. The van der Waals surface area contributed by atoms with E-state index in [1.807, 2.05) is 4.90 Å². The maximum Gasteiger partial charge on any atom is 0.184 e. The first-order chi connectivity index (χ1) is 8.50. The highest BCUT2D eigenvalue weighted by Crippen LogP contribution is 2.44. The number of nitrogens with zero attached hydrogens (tertiary/aromatic N) is 1. The van der Waals surface area contributed by atoms with E-state index < -0.39 is 11.6 Å². The summed E-state index contributed by atoms with van der Waals surface area (Å²) in [4.78, 5) is 2.05. The van der Waals surface area contributed by atoms with Gasteiger partial charge in [0.15, 0.2) is 11.6 Å². The summed E-state index contributed by atoms with van der Waals surface area (Å²) < 4.78 is 27.5. The fraction of sp³-hybridized carbons (Fsp3) is 0.571. The fourth-order valence-electron chi connectivity index (χ4n) is 3.27. The summed E-state index contributed by atoms with van der Waals surface area (Å²) in [6, 6.07) is 3.05. The molecule has 2 aliphatic heterocycles. The maximum absolute atomic E-state index is 14.0. The lowest BCUT2D eigenvalue weighted by Gasteiger charge is -2.50. The molecule has 0 amide bonds. The van der Waals surface area contributed by atoms with Gasteiger partial charge in [-0.3, -0.25) is 0 Å². The Morgan fingerprint density at radius 3 is 2.89 bits per heavy atom. The standard InChI is InChI=1S/C14H18F2N2/c1-14(2)6-3-7-18-11(14)8-17-10-5-4-9(15)12(16)13(10)18/h4-5,11,17H,3,6-8H2,1-2H3. The van der Waals surface area contributed by atoms with Gasteiger partial charge in [-0.1, -0.05) is 13.8 Å². The van der Waals surface area contributed by atoms with Crippen LogP contribution in [0, 0.1) is 17.0 Å². The van der Waals surface area contributed by atoms with Crippen molar-refractivity contribution in [2.45, 2.75) is 32.7 Å². The van der Waals surface area contributed by atoms with Crippen LogP contribution >= 0.6 is 0 Å². The van der Waals surface area contributed by atoms with Crippen molar-refractivity contribution in [3.63, 3.8) is 0 Å². The molecule has 0 spiro atoms. The van der Waals surface area contributed by atoms with Crippen LogP contribution < -0.4 is 10.2 Å². The summed E-state index contributed by atoms with van der Waals surface area (Å²) in [5.41, 5.74) is 1.25. The Balaban J connectivity index is 2.10. The van der Waals surface area contributed by atoms with E-state index in [0.717, 1.165) is 25.9 Å². The van der Waals surface area contributed by atoms with Gasteiger partial charge in [0.2, 0.25) is 0 Å². The van der Waals surface area contributed by atoms with Crippen LogP contribution in [0.5, 0.6) is 0 Å². The molecule has 1 aromatic rings. The Bertz CT molecular complexity index is 485. The number of nitrogens with one attached hydrogen (secondary N) is 1. The molecule has 0 aliphatic carbocycles. The Hall–Kier alpha value is -1.32. The Morgan fingerprint density at radius 2 is 2.11 bits per heavy atom. The van der Waals surface area contributed by atoms with Crippen molar-refractivity contribution in [3.05, 3.63) is 23.8 Å². The first-order valence-corrected chi connectivity index (χ1v) is 6.49. The topological polar surface area (TPSA) is 15.3 Å². The number of halogens is 2. The summed E-state index contributed by atoms with van der Waals surface area (Å²) in [7, 11) is 0. The van der Waals surface area contributed by atoms with E-state index in [4.69, 9.17) is 0 Å². The van der Waals surface area contributed by atoms with E-state index in [2.05, 4.69) is 19.2 Å². The number of benzene rings is 1. The summed E-state index contributed by atoms with van der Waals surface area (Å²) >= 11 is 0. The molecule has 3 rings (SSSR count). The van der Waals surface area contributed by atoms with Gasteiger partial charge >= 0.3 is 0 Å². The van der Waals surface area contributed by atoms with E-state index in [9.17, 15) is 8.78 Å². The predicted molar refractivity (Wildman–Crippen MR) is 69.0 cm³/mol. The van der Waals surface area contributed by atoms with E-state index in [1.165, 1.54) is 6.07 Å². The second-order valence-corrected chi connectivity index (χ2v) is 5.94. The molecular formula is C14H18F2N2. The number of anilines is 2. The van der Waals surface area contributed by atoms with Crippen LogP contribution in [0.25, 0.3) is 0 Å². The van der Waals surface area contributed by atoms with E-state index in [-0.39, 0.29) is 11.5 Å². The molecule has 1 fully saturated rings. The largest absolute Gasteiger partial charge is 0.381 e. The third kappa shape index (κ3) is 1.58. The monoisotopic (exact) mass is 252 g/mol. The molecule has 1 atom stereocenters. The van der Waals surface area contributed by atoms with Crippen molar-refractivity contribution < 1.29 is 8.78 Å². The Kier molecular flexibility index (Phi) is 2.50. The van der Waals surface area contributed by atoms with Crippen LogP contribution in [0.1, 0.15) is 26.7 Å². The van der Waals surface area contributed by atoms with Gasteiger partial charge in [0.1, 0.15) is 0 Å². The molecule has 1 aromatic carbocycles. The van der Waals surface area contributed by atoms with Crippen LogP contribution in [0.4, 0.5) is 20.2 Å². The molecular weight excluding hydrogens is 234 g/mol. The van der Waals surface area contributed by atoms with Crippen molar-refractivity contribution in [1.29, 1.82) is 0 Å². The molecule has 1 unspecified atom stereocenters. The molecule has 0 radical (unpaired) electrons. The number of rotatable bonds is 0. The van der Waals surface area contributed by atoms with E-state index >= 15 is 0 Å². The molecule has 1 N–H and O–H groups in total. The normalized spacial score (nSPS) is 25.1. The Morgan fingerprint density at radius 1 is 1.33 bits per heavy atom. The fourth-order valence-corrected chi connectivity index (χ4v) is 3.27.